The van der Waals surface area contributed by atoms with Crippen LogP contribution in [0.5, 0.6) is 0 Å². The number of halogens is 1. The highest BCUT2D eigenvalue weighted by Gasteiger charge is 1.99. The summed E-state index contributed by atoms with van der Waals surface area (Å²) < 4.78 is 0. The molecule has 0 aliphatic rings. The van der Waals surface area contributed by atoms with Crippen LogP contribution in [0.25, 0.3) is 0 Å². The van der Waals surface area contributed by atoms with Crippen LogP contribution in [-0.4, -0.2) is 4.98 Å². The van der Waals surface area contributed by atoms with Crippen LogP contribution in [0.3, 0.4) is 0 Å². The number of aromatic nitrogens is 1. The maximum atomic E-state index is 8.40. The number of hydrogen-bond acceptors (Lipinski definition) is 2. The van der Waals surface area contributed by atoms with Gasteiger partial charge in [0.2, 0.25) is 0 Å². The largest absolute Gasteiger partial charge is 0.244 e. The summed E-state index contributed by atoms with van der Waals surface area (Å²) in [5, 5.41) is 8.83. The van der Waals surface area contributed by atoms with Crippen LogP contribution < -0.4 is 0 Å². The third-order valence-corrected chi connectivity index (χ3v) is 1.66. The lowest BCUT2D eigenvalue weighted by molar-refractivity contribution is 1.16. The lowest BCUT2D eigenvalue weighted by Gasteiger charge is -1.98. The highest BCUT2D eigenvalue weighted by atomic mass is 35.5. The molecule has 0 N–H and O–H groups in total. The topological polar surface area (TPSA) is 36.7 Å². The molecule has 0 unspecified atom stereocenters. The van der Waals surface area contributed by atoms with Crippen molar-refractivity contribution in [1.82, 2.24) is 4.98 Å². The van der Waals surface area contributed by atoms with Gasteiger partial charge in [-0.3, -0.25) is 0 Å². The first-order valence-electron chi connectivity index (χ1n) is 3.22. The van der Waals surface area contributed by atoms with Gasteiger partial charge in [-0.15, -0.1) is 0 Å². The molecule has 0 saturated carbocycles. The number of nitriles is 1. The predicted molar refractivity (Wildman–Crippen MR) is 43.3 cm³/mol. The molecule has 0 aliphatic carbocycles. The smallest absolute Gasteiger partial charge is 0.133 e. The Hall–Kier alpha value is -1.07. The van der Waals surface area contributed by atoms with Crippen molar-refractivity contribution in [2.45, 2.75) is 13.3 Å². The SMILES string of the molecule is Cc1cnc(Cl)c(CC#N)c1. The minimum Gasteiger partial charge on any atom is -0.244 e. The molecule has 0 saturated heterocycles. The fourth-order valence-corrected chi connectivity index (χ4v) is 0.992. The minimum absolute atomic E-state index is 0.327. The standard InChI is InChI=1S/C8H7ClN2/c1-6-4-7(2-3-10)8(9)11-5-6/h4-5H,2H2,1H3. The number of hydrogen-bond donors (Lipinski definition) is 0. The zero-order chi connectivity index (χ0) is 8.27. The Labute approximate surface area is 70.4 Å². The van der Waals surface area contributed by atoms with Gasteiger partial charge in [0.05, 0.1) is 12.5 Å². The fourth-order valence-electron chi connectivity index (χ4n) is 0.822. The van der Waals surface area contributed by atoms with Crippen molar-refractivity contribution in [3.8, 4) is 6.07 Å². The van der Waals surface area contributed by atoms with Crippen LogP contribution in [0.1, 0.15) is 11.1 Å². The van der Waals surface area contributed by atoms with Gasteiger partial charge in [0.15, 0.2) is 0 Å². The second-order valence-corrected chi connectivity index (χ2v) is 2.66. The first-order chi connectivity index (χ1) is 5.24. The van der Waals surface area contributed by atoms with Crippen molar-refractivity contribution >= 4 is 11.6 Å². The van der Waals surface area contributed by atoms with Gasteiger partial charge in [-0.25, -0.2) is 4.98 Å². The van der Waals surface area contributed by atoms with Gasteiger partial charge < -0.3 is 0 Å². The van der Waals surface area contributed by atoms with Gasteiger partial charge in [-0.1, -0.05) is 17.7 Å². The van der Waals surface area contributed by atoms with Gasteiger partial charge in [0, 0.05) is 11.8 Å². The molecule has 2 nitrogen and oxygen atoms in total. The van der Waals surface area contributed by atoms with E-state index >= 15 is 0 Å². The zero-order valence-electron chi connectivity index (χ0n) is 6.13. The van der Waals surface area contributed by atoms with Gasteiger partial charge in [-0.2, -0.15) is 5.26 Å². The van der Waals surface area contributed by atoms with E-state index in [2.05, 4.69) is 4.98 Å². The zero-order valence-corrected chi connectivity index (χ0v) is 6.89. The summed E-state index contributed by atoms with van der Waals surface area (Å²) in [4.78, 5) is 3.91. The van der Waals surface area contributed by atoms with Crippen LogP contribution in [0.15, 0.2) is 12.3 Å². The number of pyridine rings is 1. The first kappa shape index (κ1) is 8.03. The highest BCUT2D eigenvalue weighted by molar-refractivity contribution is 6.30. The first-order valence-corrected chi connectivity index (χ1v) is 3.60. The van der Waals surface area contributed by atoms with Gasteiger partial charge >= 0.3 is 0 Å². The summed E-state index contributed by atoms with van der Waals surface area (Å²) in [5.74, 6) is 0. The molecule has 11 heavy (non-hydrogen) atoms. The van der Waals surface area contributed by atoms with E-state index in [9.17, 15) is 0 Å². The molecule has 1 aromatic rings. The number of nitrogens with zero attached hydrogens (tertiary/aromatic N) is 2. The van der Waals surface area contributed by atoms with E-state index in [1.165, 1.54) is 0 Å². The van der Waals surface area contributed by atoms with Crippen molar-refractivity contribution < 1.29 is 0 Å². The van der Waals surface area contributed by atoms with Crippen molar-refractivity contribution in [3.63, 3.8) is 0 Å². The van der Waals surface area contributed by atoms with Gasteiger partial charge in [0.1, 0.15) is 5.15 Å². The molecule has 1 heterocycles. The van der Waals surface area contributed by atoms with Crippen molar-refractivity contribution in [3.05, 3.63) is 28.5 Å². The normalized spacial score (nSPS) is 9.18. The predicted octanol–water partition coefficient (Wildman–Crippen LogP) is 2.11. The summed E-state index contributed by atoms with van der Waals surface area (Å²) in [7, 11) is 0. The van der Waals surface area contributed by atoms with Crippen LogP contribution in [-0.2, 0) is 6.42 Å². The second kappa shape index (κ2) is 3.36. The third-order valence-electron chi connectivity index (χ3n) is 1.32. The van der Waals surface area contributed by atoms with E-state index in [1.54, 1.807) is 6.20 Å². The summed E-state index contributed by atoms with van der Waals surface area (Å²) in [6.07, 6.45) is 2.01. The lowest BCUT2D eigenvalue weighted by Crippen LogP contribution is -1.88. The van der Waals surface area contributed by atoms with E-state index in [0.29, 0.717) is 11.6 Å². The number of aryl methyl sites for hydroxylation is 1. The third kappa shape index (κ3) is 1.92. The molecule has 56 valence electrons. The van der Waals surface area contributed by atoms with E-state index in [-0.39, 0.29) is 0 Å². The van der Waals surface area contributed by atoms with Crippen LogP contribution in [0.4, 0.5) is 0 Å². The maximum Gasteiger partial charge on any atom is 0.133 e. The molecule has 0 amide bonds. The lowest BCUT2D eigenvalue weighted by atomic mass is 10.2. The Morgan fingerprint density at radius 2 is 2.45 bits per heavy atom. The number of rotatable bonds is 1. The molecule has 0 radical (unpaired) electrons. The molecular formula is C8H7ClN2. The molecule has 0 aromatic carbocycles. The molecule has 0 fully saturated rings. The van der Waals surface area contributed by atoms with E-state index in [1.807, 2.05) is 19.1 Å². The summed E-state index contributed by atoms with van der Waals surface area (Å²) in [6.45, 7) is 1.92. The second-order valence-electron chi connectivity index (χ2n) is 2.30. The quantitative estimate of drug-likeness (QED) is 0.600. The maximum absolute atomic E-state index is 8.40. The Balaban J connectivity index is 3.05. The molecule has 0 spiro atoms. The van der Waals surface area contributed by atoms with E-state index < -0.39 is 0 Å². The molecule has 1 aromatic heterocycles. The average molecular weight is 167 g/mol. The minimum atomic E-state index is 0.327. The van der Waals surface area contributed by atoms with Gasteiger partial charge in [0.25, 0.3) is 0 Å². The van der Waals surface area contributed by atoms with Crippen LogP contribution >= 0.6 is 11.6 Å². The molecule has 0 aliphatic heterocycles. The summed E-state index contributed by atoms with van der Waals surface area (Å²) in [6, 6.07) is 3.90. The molecule has 3 heteroatoms. The van der Waals surface area contributed by atoms with Crippen molar-refractivity contribution in [2.75, 3.05) is 0 Å². The van der Waals surface area contributed by atoms with Gasteiger partial charge in [-0.05, 0) is 12.5 Å². The molecule has 0 bridgehead atoms. The highest BCUT2D eigenvalue weighted by Crippen LogP contribution is 2.13. The summed E-state index contributed by atoms with van der Waals surface area (Å²) >= 11 is 5.71. The Kier molecular flexibility index (Phi) is 2.45. The van der Waals surface area contributed by atoms with Crippen molar-refractivity contribution in [2.24, 2.45) is 0 Å². The molecular weight excluding hydrogens is 160 g/mol. The van der Waals surface area contributed by atoms with Crippen LogP contribution in [0.2, 0.25) is 5.15 Å². The average Bonchev–Trinajstić information content (AvgIpc) is 1.98. The molecule has 1 rings (SSSR count). The van der Waals surface area contributed by atoms with E-state index in [0.717, 1.165) is 11.1 Å². The Bertz CT molecular complexity index is 301. The Morgan fingerprint density at radius 3 is 3.09 bits per heavy atom. The monoisotopic (exact) mass is 166 g/mol. The molecule has 0 atom stereocenters. The Morgan fingerprint density at radius 1 is 1.73 bits per heavy atom. The fraction of sp³-hybridized carbons (Fsp3) is 0.250. The van der Waals surface area contributed by atoms with Crippen molar-refractivity contribution in [1.29, 1.82) is 5.26 Å². The summed E-state index contributed by atoms with van der Waals surface area (Å²) in [5.41, 5.74) is 1.83. The van der Waals surface area contributed by atoms with Crippen LogP contribution in [0, 0.1) is 18.3 Å². The van der Waals surface area contributed by atoms with E-state index in [4.69, 9.17) is 16.9 Å².